The van der Waals surface area contributed by atoms with E-state index in [0.717, 1.165) is 0 Å². The molecule has 3 rings (SSSR count). The number of benzene rings is 1. The number of methoxy groups -OCH3 is 1. The molecule has 1 atom stereocenters. The minimum atomic E-state index is -0.754. The van der Waals surface area contributed by atoms with Gasteiger partial charge in [0.1, 0.15) is 18.3 Å². The number of hydrogen-bond donors (Lipinski definition) is 1. The molecule has 6 nitrogen and oxygen atoms in total. The number of carbonyl (C=O) groups excluding carboxylic acids is 2. The van der Waals surface area contributed by atoms with Gasteiger partial charge in [-0.1, -0.05) is 17.7 Å². The lowest BCUT2D eigenvalue weighted by atomic mass is 10.0. The van der Waals surface area contributed by atoms with Crippen molar-refractivity contribution in [2.75, 3.05) is 13.7 Å². The molecule has 1 aliphatic rings. The van der Waals surface area contributed by atoms with E-state index in [9.17, 15) is 9.59 Å². The molecule has 1 unspecified atom stereocenters. The molecule has 1 amide bonds. The van der Waals surface area contributed by atoms with Crippen molar-refractivity contribution in [3.8, 4) is 11.5 Å². The first kappa shape index (κ1) is 15.4. The number of rotatable bonds is 3. The molecule has 2 aromatic rings. The molecule has 1 aliphatic heterocycles. The molecule has 0 fully saturated rings. The lowest BCUT2D eigenvalue weighted by Crippen LogP contribution is -2.47. The number of nitrogens with one attached hydrogen (secondary N) is 1. The van der Waals surface area contributed by atoms with Crippen LogP contribution in [0.3, 0.4) is 0 Å². The Morgan fingerprint density at radius 1 is 1.48 bits per heavy atom. The topological polar surface area (TPSA) is 69.6 Å². The third-order valence-electron chi connectivity index (χ3n) is 3.68. The predicted molar refractivity (Wildman–Crippen MR) is 84.5 cm³/mol. The van der Waals surface area contributed by atoms with Gasteiger partial charge in [0.15, 0.2) is 17.3 Å². The van der Waals surface area contributed by atoms with Crippen molar-refractivity contribution in [3.05, 3.63) is 46.7 Å². The number of para-hydroxylation sites is 1. The number of halogens is 1. The zero-order valence-electron chi connectivity index (χ0n) is 12.6. The second-order valence-corrected chi connectivity index (χ2v) is 5.63. The first-order chi connectivity index (χ1) is 11.0. The Hall–Kier alpha value is -2.47. The van der Waals surface area contributed by atoms with Gasteiger partial charge in [-0.25, -0.2) is 0 Å². The molecule has 23 heavy (non-hydrogen) atoms. The number of ether oxygens (including phenoxy) is 2. The lowest BCUT2D eigenvalue weighted by Gasteiger charge is -2.26. The van der Waals surface area contributed by atoms with Gasteiger partial charge in [0.05, 0.1) is 17.7 Å². The van der Waals surface area contributed by atoms with Crippen LogP contribution in [0, 0.1) is 0 Å². The predicted octanol–water partition coefficient (Wildman–Crippen LogP) is 2.06. The molecule has 0 aliphatic carbocycles. The van der Waals surface area contributed by atoms with E-state index in [0.29, 0.717) is 27.8 Å². The Labute approximate surface area is 137 Å². The van der Waals surface area contributed by atoms with Gasteiger partial charge < -0.3 is 19.4 Å². The summed E-state index contributed by atoms with van der Waals surface area (Å²) in [5, 5.41) is 3.14. The Balaban J connectivity index is 1.82. The molecule has 0 saturated heterocycles. The van der Waals surface area contributed by atoms with E-state index in [1.54, 1.807) is 42.1 Å². The Kier molecular flexibility index (Phi) is 4.00. The van der Waals surface area contributed by atoms with E-state index < -0.39 is 6.04 Å². The van der Waals surface area contributed by atoms with Crippen LogP contribution in [0.2, 0.25) is 5.02 Å². The van der Waals surface area contributed by atoms with Crippen molar-refractivity contribution in [2.45, 2.75) is 6.04 Å². The summed E-state index contributed by atoms with van der Waals surface area (Å²) in [6, 6.07) is 5.87. The highest BCUT2D eigenvalue weighted by Crippen LogP contribution is 2.34. The van der Waals surface area contributed by atoms with Gasteiger partial charge in [0.25, 0.3) is 5.91 Å². The van der Waals surface area contributed by atoms with E-state index in [1.807, 2.05) is 0 Å². The van der Waals surface area contributed by atoms with Crippen LogP contribution in [0.15, 0.2) is 30.5 Å². The number of fused-ring (bicyclic) bond motifs is 1. The zero-order chi connectivity index (χ0) is 16.6. The van der Waals surface area contributed by atoms with E-state index in [2.05, 4.69) is 5.32 Å². The van der Waals surface area contributed by atoms with E-state index >= 15 is 0 Å². The summed E-state index contributed by atoms with van der Waals surface area (Å²) in [4.78, 5) is 24.9. The van der Waals surface area contributed by atoms with Crippen molar-refractivity contribution >= 4 is 23.3 Å². The van der Waals surface area contributed by atoms with E-state index in [4.69, 9.17) is 21.1 Å². The molecule has 0 bridgehead atoms. The molecule has 1 N–H and O–H groups in total. The highest BCUT2D eigenvalue weighted by Gasteiger charge is 2.32. The molecule has 0 spiro atoms. The Morgan fingerprint density at radius 2 is 2.26 bits per heavy atom. The van der Waals surface area contributed by atoms with Gasteiger partial charge in [-0.3, -0.25) is 9.59 Å². The van der Waals surface area contributed by atoms with Gasteiger partial charge in [-0.15, -0.1) is 0 Å². The van der Waals surface area contributed by atoms with Crippen molar-refractivity contribution < 1.29 is 19.1 Å². The van der Waals surface area contributed by atoms with Crippen molar-refractivity contribution in [1.29, 1.82) is 0 Å². The minimum absolute atomic E-state index is 0.0517. The van der Waals surface area contributed by atoms with E-state index in [1.165, 1.54) is 7.11 Å². The quantitative estimate of drug-likeness (QED) is 0.932. The average molecular weight is 335 g/mol. The Bertz CT molecular complexity index is 784. The van der Waals surface area contributed by atoms with Crippen LogP contribution < -0.4 is 14.8 Å². The number of carbonyl (C=O) groups is 2. The summed E-state index contributed by atoms with van der Waals surface area (Å²) in [5.41, 5.74) is 0.769. The molecule has 7 heteroatoms. The highest BCUT2D eigenvalue weighted by atomic mass is 35.5. The van der Waals surface area contributed by atoms with Crippen LogP contribution in [0.25, 0.3) is 0 Å². The van der Waals surface area contributed by atoms with E-state index in [-0.39, 0.29) is 18.3 Å². The summed E-state index contributed by atoms with van der Waals surface area (Å²) in [5.74, 6) is 0.314. The second-order valence-electron chi connectivity index (χ2n) is 5.19. The molecule has 1 aromatic heterocycles. The van der Waals surface area contributed by atoms with Gasteiger partial charge in [0.2, 0.25) is 0 Å². The summed E-state index contributed by atoms with van der Waals surface area (Å²) in [6.07, 6.45) is 1.62. The molecule has 0 radical (unpaired) electrons. The summed E-state index contributed by atoms with van der Waals surface area (Å²) < 4.78 is 12.4. The van der Waals surface area contributed by atoms with Crippen molar-refractivity contribution in [3.63, 3.8) is 0 Å². The van der Waals surface area contributed by atoms with Gasteiger partial charge >= 0.3 is 0 Å². The van der Waals surface area contributed by atoms with Crippen LogP contribution in [0.1, 0.15) is 20.8 Å². The third kappa shape index (κ3) is 2.77. The molecular formula is C16H15ClN2O4. The smallest absolute Gasteiger partial charge is 0.268 e. The molecular weight excluding hydrogens is 320 g/mol. The second kappa shape index (κ2) is 5.96. The number of aryl methyl sites for hydroxylation is 1. The number of amides is 1. The van der Waals surface area contributed by atoms with Crippen molar-refractivity contribution in [1.82, 2.24) is 9.88 Å². The van der Waals surface area contributed by atoms with Crippen LogP contribution in [-0.4, -0.2) is 36.0 Å². The number of Topliss-reactive ketones (excluding diaryl/α,β-unsaturated/α-hetero) is 1. The standard InChI is InChI=1S/C16H15ClN2O4/c1-19-7-9(17)6-12(19)16(21)18-11-8-23-15-10(14(11)20)4-3-5-13(15)22-2/h3-7,11H,8H2,1-2H3,(H,18,21). The van der Waals surface area contributed by atoms with Crippen LogP contribution in [0.5, 0.6) is 11.5 Å². The first-order valence-electron chi connectivity index (χ1n) is 6.98. The Morgan fingerprint density at radius 3 is 2.91 bits per heavy atom. The lowest BCUT2D eigenvalue weighted by molar-refractivity contribution is 0.0788. The molecule has 0 saturated carbocycles. The van der Waals surface area contributed by atoms with Crippen LogP contribution in [-0.2, 0) is 7.05 Å². The molecule has 120 valence electrons. The number of aromatic nitrogens is 1. The maximum absolute atomic E-state index is 12.6. The van der Waals surface area contributed by atoms with Crippen LogP contribution >= 0.6 is 11.6 Å². The fourth-order valence-corrected chi connectivity index (χ4v) is 2.79. The number of ketones is 1. The number of hydrogen-bond acceptors (Lipinski definition) is 4. The normalized spacial score (nSPS) is 16.5. The van der Waals surface area contributed by atoms with Crippen LogP contribution in [0.4, 0.5) is 0 Å². The first-order valence-corrected chi connectivity index (χ1v) is 7.36. The maximum Gasteiger partial charge on any atom is 0.268 e. The zero-order valence-corrected chi connectivity index (χ0v) is 13.4. The van der Waals surface area contributed by atoms with Crippen molar-refractivity contribution in [2.24, 2.45) is 7.05 Å². The van der Waals surface area contributed by atoms with Gasteiger partial charge in [-0.2, -0.15) is 0 Å². The fraction of sp³-hybridized carbons (Fsp3) is 0.250. The largest absolute Gasteiger partial charge is 0.493 e. The SMILES string of the molecule is COc1cccc2c1OCC(NC(=O)c1cc(Cl)cn1C)C2=O. The van der Waals surface area contributed by atoms with Gasteiger partial charge in [-0.05, 0) is 18.2 Å². The van der Waals surface area contributed by atoms with Gasteiger partial charge in [0, 0.05) is 13.2 Å². The fourth-order valence-electron chi connectivity index (χ4n) is 2.54. The highest BCUT2D eigenvalue weighted by molar-refractivity contribution is 6.31. The molecule has 2 heterocycles. The summed E-state index contributed by atoms with van der Waals surface area (Å²) >= 11 is 5.88. The average Bonchev–Trinajstić information content (AvgIpc) is 2.88. The summed E-state index contributed by atoms with van der Waals surface area (Å²) in [7, 11) is 3.22. The maximum atomic E-state index is 12.6. The minimum Gasteiger partial charge on any atom is -0.493 e. The monoisotopic (exact) mass is 334 g/mol. The summed E-state index contributed by atoms with van der Waals surface area (Å²) in [6.45, 7) is 0.0517. The third-order valence-corrected chi connectivity index (χ3v) is 3.89. The molecule has 1 aromatic carbocycles. The number of nitrogens with zero attached hydrogens (tertiary/aromatic N) is 1.